The lowest BCUT2D eigenvalue weighted by Crippen LogP contribution is -2.37. The minimum absolute atomic E-state index is 0.0745. The van der Waals surface area contributed by atoms with E-state index in [1.165, 1.54) is 0 Å². The van der Waals surface area contributed by atoms with Gasteiger partial charge >= 0.3 is 5.97 Å². The van der Waals surface area contributed by atoms with Crippen molar-refractivity contribution in [1.82, 2.24) is 0 Å². The molecular weight excluding hydrogens is 484 g/mol. The summed E-state index contributed by atoms with van der Waals surface area (Å²) in [5.41, 5.74) is 0.445. The van der Waals surface area contributed by atoms with Crippen LogP contribution >= 0.6 is 47.8 Å². The second-order valence-electron chi connectivity index (χ2n) is 5.85. The predicted molar refractivity (Wildman–Crippen MR) is 88.1 cm³/mol. The zero-order valence-electron chi connectivity index (χ0n) is 11.4. The van der Waals surface area contributed by atoms with E-state index in [9.17, 15) is 14.7 Å². The lowest BCUT2D eigenvalue weighted by Gasteiger charge is -2.28. The van der Waals surface area contributed by atoms with E-state index in [1.807, 2.05) is 6.07 Å². The van der Waals surface area contributed by atoms with Gasteiger partial charge in [0, 0.05) is 25.3 Å². The van der Waals surface area contributed by atoms with Gasteiger partial charge in [0.2, 0.25) is 0 Å². The Morgan fingerprint density at radius 2 is 1.82 bits per heavy atom. The topological polar surface area (TPSA) is 66.4 Å². The van der Waals surface area contributed by atoms with Crippen LogP contribution in [-0.2, 0) is 9.53 Å². The van der Waals surface area contributed by atoms with Gasteiger partial charge in [-0.15, -0.1) is 0 Å². The number of carbonyl (C=O) groups is 2. The number of rotatable bonds is 3. The predicted octanol–water partition coefficient (Wildman–Crippen LogP) is 3.30. The zero-order chi connectivity index (χ0) is 16.0. The fourth-order valence-electron chi connectivity index (χ4n) is 3.56. The molecule has 0 N–H and O–H groups in total. The van der Waals surface area contributed by atoms with Crippen LogP contribution in [0.25, 0.3) is 0 Å². The van der Waals surface area contributed by atoms with E-state index >= 15 is 0 Å². The van der Waals surface area contributed by atoms with Gasteiger partial charge in [0.1, 0.15) is 6.10 Å². The molecule has 4 atom stereocenters. The maximum atomic E-state index is 12.4. The first-order valence-electron chi connectivity index (χ1n) is 6.93. The van der Waals surface area contributed by atoms with Crippen molar-refractivity contribution in [2.75, 3.05) is 0 Å². The van der Waals surface area contributed by atoms with Crippen molar-refractivity contribution in [3.63, 3.8) is 0 Å². The maximum absolute atomic E-state index is 12.4. The van der Waals surface area contributed by atoms with Crippen molar-refractivity contribution in [3.05, 3.63) is 31.1 Å². The maximum Gasteiger partial charge on any atom is 0.339 e. The average Bonchev–Trinajstić information content (AvgIpc) is 3.02. The van der Waals surface area contributed by atoms with Crippen molar-refractivity contribution < 1.29 is 19.4 Å². The molecule has 0 saturated heterocycles. The Labute approximate surface area is 153 Å². The first-order valence-corrected chi connectivity index (χ1v) is 9.31. The van der Waals surface area contributed by atoms with Crippen LogP contribution in [0.5, 0.6) is 0 Å². The van der Waals surface area contributed by atoms with Crippen LogP contribution in [0.15, 0.2) is 25.6 Å². The van der Waals surface area contributed by atoms with Crippen LogP contribution in [0.2, 0.25) is 0 Å². The molecule has 0 spiro atoms. The summed E-state index contributed by atoms with van der Waals surface area (Å²) in [6.45, 7) is 0. The molecule has 118 valence electrons. The summed E-state index contributed by atoms with van der Waals surface area (Å²) in [6.07, 6.45) is 1.77. The monoisotopic (exact) mass is 493 g/mol. The van der Waals surface area contributed by atoms with Crippen LogP contribution in [-0.4, -0.2) is 18.0 Å². The summed E-state index contributed by atoms with van der Waals surface area (Å²) in [4.78, 5) is 23.4. The fourth-order valence-corrected chi connectivity index (χ4v) is 5.18. The molecule has 4 unspecified atom stereocenters. The number of carboxylic acid groups (broad SMARTS) is 1. The Balaban J connectivity index is 1.71. The second-order valence-corrected chi connectivity index (χ2v) is 8.41. The minimum Gasteiger partial charge on any atom is -0.550 e. The van der Waals surface area contributed by atoms with Crippen molar-refractivity contribution in [2.45, 2.75) is 25.4 Å². The van der Waals surface area contributed by atoms with Gasteiger partial charge in [-0.05, 0) is 75.1 Å². The number of hydrogen-bond acceptors (Lipinski definition) is 4. The number of ether oxygens (including phenoxy) is 1. The Bertz CT molecular complexity index is 646. The van der Waals surface area contributed by atoms with Crippen LogP contribution in [0.4, 0.5) is 0 Å². The van der Waals surface area contributed by atoms with Crippen LogP contribution < -0.4 is 5.11 Å². The highest BCUT2D eigenvalue weighted by Crippen LogP contribution is 2.49. The standard InChI is InChI=1S/C15H13Br3O4/c16-8-4-10(13(18)11(17)5-8)15(21)22-12-3-6-1-7(12)2-9(6)14(19)20/h4-7,9,12H,1-3H2,(H,19,20)/p-1. The van der Waals surface area contributed by atoms with Crippen molar-refractivity contribution >= 4 is 59.7 Å². The van der Waals surface area contributed by atoms with Gasteiger partial charge in [-0.2, -0.15) is 0 Å². The molecular formula is C15H12Br3O4-. The molecule has 2 aliphatic carbocycles. The number of fused-ring (bicyclic) bond motifs is 2. The molecule has 0 amide bonds. The molecule has 2 bridgehead atoms. The normalized spacial score (nSPS) is 29.6. The molecule has 2 saturated carbocycles. The van der Waals surface area contributed by atoms with Gasteiger partial charge in [0.15, 0.2) is 0 Å². The van der Waals surface area contributed by atoms with E-state index in [-0.39, 0.29) is 23.9 Å². The van der Waals surface area contributed by atoms with Crippen LogP contribution in [0.1, 0.15) is 29.6 Å². The molecule has 0 radical (unpaired) electrons. The molecule has 1 aromatic carbocycles. The third kappa shape index (κ3) is 2.99. The molecule has 0 aliphatic heterocycles. The highest BCUT2D eigenvalue weighted by atomic mass is 79.9. The highest BCUT2D eigenvalue weighted by Gasteiger charge is 2.48. The molecule has 7 heteroatoms. The Hall–Kier alpha value is -0.400. The molecule has 2 aliphatic rings. The van der Waals surface area contributed by atoms with Crippen LogP contribution in [0, 0.1) is 17.8 Å². The van der Waals surface area contributed by atoms with Gasteiger partial charge in [-0.25, -0.2) is 4.79 Å². The van der Waals surface area contributed by atoms with E-state index in [1.54, 1.807) is 6.07 Å². The summed E-state index contributed by atoms with van der Waals surface area (Å²) >= 11 is 10.1. The molecule has 22 heavy (non-hydrogen) atoms. The fraction of sp³-hybridized carbons (Fsp3) is 0.467. The first kappa shape index (κ1) is 16.5. The van der Waals surface area contributed by atoms with E-state index in [0.717, 1.165) is 15.4 Å². The lowest BCUT2D eigenvalue weighted by molar-refractivity contribution is -0.313. The minimum atomic E-state index is -0.976. The van der Waals surface area contributed by atoms with E-state index in [2.05, 4.69) is 47.8 Å². The molecule has 0 aromatic heterocycles. The van der Waals surface area contributed by atoms with Crippen LogP contribution in [0.3, 0.4) is 0 Å². The molecule has 1 aromatic rings. The second kappa shape index (κ2) is 6.24. The van der Waals surface area contributed by atoms with Gasteiger partial charge in [0.05, 0.1) is 5.56 Å². The van der Waals surface area contributed by atoms with Gasteiger partial charge in [0.25, 0.3) is 0 Å². The summed E-state index contributed by atoms with van der Waals surface area (Å²) in [5.74, 6) is -1.55. The molecule has 4 nitrogen and oxygen atoms in total. The summed E-state index contributed by atoms with van der Waals surface area (Å²) in [7, 11) is 0. The summed E-state index contributed by atoms with van der Waals surface area (Å²) in [5, 5.41) is 11.0. The molecule has 3 rings (SSSR count). The van der Waals surface area contributed by atoms with Gasteiger partial charge < -0.3 is 14.6 Å². The zero-order valence-corrected chi connectivity index (χ0v) is 16.1. The largest absolute Gasteiger partial charge is 0.550 e. The van der Waals surface area contributed by atoms with E-state index < -0.39 is 11.9 Å². The quantitative estimate of drug-likeness (QED) is 0.477. The first-order chi connectivity index (χ1) is 10.4. The lowest BCUT2D eigenvalue weighted by atomic mass is 9.87. The van der Waals surface area contributed by atoms with Gasteiger partial charge in [-0.3, -0.25) is 0 Å². The number of aliphatic carboxylic acids is 1. The number of carbonyl (C=O) groups excluding carboxylic acids is 2. The number of hydrogen-bond donors (Lipinski definition) is 0. The van der Waals surface area contributed by atoms with Crippen molar-refractivity contribution in [2.24, 2.45) is 17.8 Å². The highest BCUT2D eigenvalue weighted by molar-refractivity contribution is 9.13. The third-order valence-corrected chi connectivity index (χ3v) is 7.04. The Kier molecular flexibility index (Phi) is 4.67. The van der Waals surface area contributed by atoms with Crippen molar-refractivity contribution in [1.29, 1.82) is 0 Å². The number of esters is 1. The Morgan fingerprint density at radius 3 is 2.41 bits per heavy atom. The third-order valence-electron chi connectivity index (χ3n) is 4.57. The van der Waals surface area contributed by atoms with E-state index in [0.29, 0.717) is 22.9 Å². The molecule has 0 heterocycles. The Morgan fingerprint density at radius 1 is 1.09 bits per heavy atom. The van der Waals surface area contributed by atoms with E-state index in [4.69, 9.17) is 4.74 Å². The number of halogens is 3. The number of benzene rings is 1. The van der Waals surface area contributed by atoms with Gasteiger partial charge in [-0.1, -0.05) is 15.9 Å². The summed E-state index contributed by atoms with van der Waals surface area (Å²) < 4.78 is 7.82. The smallest absolute Gasteiger partial charge is 0.339 e. The average molecular weight is 496 g/mol. The number of carboxylic acids is 1. The summed E-state index contributed by atoms with van der Waals surface area (Å²) in [6, 6.07) is 3.54. The molecule has 2 fully saturated rings. The SMILES string of the molecule is O=C(OC1CC2CC1CC2C(=O)[O-])c1cc(Br)cc(Br)c1Br. The van der Waals surface area contributed by atoms with Crippen molar-refractivity contribution in [3.8, 4) is 0 Å².